The first-order valence-corrected chi connectivity index (χ1v) is 6.80. The molecule has 3 nitrogen and oxygen atoms in total. The largest absolute Gasteiger partial charge is 0.377 e. The Morgan fingerprint density at radius 3 is 2.59 bits per heavy atom. The van der Waals surface area contributed by atoms with Crippen LogP contribution >= 0.6 is 11.3 Å². The highest BCUT2D eigenvalue weighted by Crippen LogP contribution is 2.33. The first-order chi connectivity index (χ1) is 8.27. The Balaban J connectivity index is 2.35. The number of rotatable bonds is 6. The van der Waals surface area contributed by atoms with Crippen LogP contribution in [0.2, 0.25) is 0 Å². The van der Waals surface area contributed by atoms with Gasteiger partial charge >= 0.3 is 0 Å². The van der Waals surface area contributed by atoms with Crippen LogP contribution in [0.25, 0.3) is 10.2 Å². The Hall–Kier alpha value is -0.840. The van der Waals surface area contributed by atoms with Crippen molar-refractivity contribution in [3.63, 3.8) is 0 Å². The summed E-state index contributed by atoms with van der Waals surface area (Å²) in [4.78, 5) is 1.29. The van der Waals surface area contributed by atoms with Gasteiger partial charge in [0.1, 0.15) is 0 Å². The van der Waals surface area contributed by atoms with Crippen molar-refractivity contribution in [3.05, 3.63) is 22.7 Å². The summed E-state index contributed by atoms with van der Waals surface area (Å²) in [5.41, 5.74) is 2.57. The Kier molecular flexibility index (Phi) is 4.20. The quantitative estimate of drug-likeness (QED) is 0.788. The van der Waals surface area contributed by atoms with Crippen LogP contribution in [0.15, 0.2) is 12.3 Å². The van der Waals surface area contributed by atoms with Gasteiger partial charge in [-0.3, -0.25) is 0 Å². The molecule has 0 saturated carbocycles. The summed E-state index contributed by atoms with van der Waals surface area (Å²) in [5.74, 6) is 0. The van der Waals surface area contributed by atoms with Gasteiger partial charge in [-0.15, -0.1) is 11.3 Å². The van der Waals surface area contributed by atoms with Gasteiger partial charge < -0.3 is 14.0 Å². The molecule has 0 bridgehead atoms. The first-order valence-electron chi connectivity index (χ1n) is 5.99. The fraction of sp³-hybridized carbons (Fsp3) is 0.538. The van der Waals surface area contributed by atoms with Crippen LogP contribution in [-0.4, -0.2) is 17.8 Å². The van der Waals surface area contributed by atoms with E-state index in [4.69, 9.17) is 9.47 Å². The fourth-order valence-corrected chi connectivity index (χ4v) is 3.12. The summed E-state index contributed by atoms with van der Waals surface area (Å²) in [5, 5.41) is 0. The second-order valence-corrected chi connectivity index (χ2v) is 5.05. The number of nitrogens with zero attached hydrogens (tertiary/aromatic N) is 1. The minimum Gasteiger partial charge on any atom is -0.377 e. The van der Waals surface area contributed by atoms with Gasteiger partial charge in [-0.25, -0.2) is 0 Å². The number of fused-ring (bicyclic) bond motifs is 1. The number of hydrogen-bond acceptors (Lipinski definition) is 3. The monoisotopic (exact) mass is 253 g/mol. The van der Waals surface area contributed by atoms with Crippen molar-refractivity contribution < 1.29 is 9.47 Å². The molecule has 2 rings (SSSR count). The number of thiophene rings is 1. The zero-order valence-corrected chi connectivity index (χ0v) is 11.5. The smallest absolute Gasteiger partial charge is 0.0813 e. The molecule has 0 N–H and O–H groups in total. The topological polar surface area (TPSA) is 23.4 Å². The Morgan fingerprint density at radius 1 is 1.18 bits per heavy atom. The maximum absolute atomic E-state index is 5.57. The minimum atomic E-state index is 0.677. The first kappa shape index (κ1) is 12.6. The van der Waals surface area contributed by atoms with Gasteiger partial charge in [0.05, 0.1) is 23.4 Å². The highest BCUT2D eigenvalue weighted by Gasteiger charge is 2.14. The predicted octanol–water partition coefficient (Wildman–Crippen LogP) is 3.31. The molecule has 2 aromatic rings. The van der Waals surface area contributed by atoms with E-state index in [1.54, 1.807) is 0 Å². The van der Waals surface area contributed by atoms with E-state index in [1.807, 2.05) is 25.2 Å². The molecule has 0 saturated heterocycles. The second kappa shape index (κ2) is 5.67. The number of aromatic nitrogens is 1. The van der Waals surface area contributed by atoms with E-state index in [9.17, 15) is 0 Å². The summed E-state index contributed by atoms with van der Waals surface area (Å²) in [6.07, 6.45) is 2.10. The zero-order chi connectivity index (χ0) is 12.3. The van der Waals surface area contributed by atoms with Crippen LogP contribution in [0.3, 0.4) is 0 Å². The lowest BCUT2D eigenvalue weighted by Gasteiger charge is -2.06. The van der Waals surface area contributed by atoms with Crippen LogP contribution in [0, 0.1) is 0 Å². The van der Waals surface area contributed by atoms with Crippen LogP contribution in [0.5, 0.6) is 0 Å². The summed E-state index contributed by atoms with van der Waals surface area (Å²) in [6, 6.07) is 2.16. The van der Waals surface area contributed by atoms with Crippen LogP contribution in [0.1, 0.15) is 24.3 Å². The molecular weight excluding hydrogens is 234 g/mol. The lowest BCUT2D eigenvalue weighted by molar-refractivity contribution is 0.122. The van der Waals surface area contributed by atoms with Crippen molar-refractivity contribution in [1.82, 2.24) is 4.57 Å². The van der Waals surface area contributed by atoms with E-state index < -0.39 is 0 Å². The molecule has 17 heavy (non-hydrogen) atoms. The fourth-order valence-electron chi connectivity index (χ4n) is 1.94. The van der Waals surface area contributed by atoms with Gasteiger partial charge in [0.2, 0.25) is 0 Å². The zero-order valence-electron chi connectivity index (χ0n) is 10.7. The molecule has 94 valence electrons. The lowest BCUT2D eigenvalue weighted by Crippen LogP contribution is -1.99. The van der Waals surface area contributed by atoms with Gasteiger partial charge in [0.15, 0.2) is 0 Å². The molecule has 4 heteroatoms. The molecule has 0 unspecified atom stereocenters. The molecule has 0 radical (unpaired) electrons. The summed E-state index contributed by atoms with van der Waals surface area (Å²) < 4.78 is 14.6. The third-order valence-electron chi connectivity index (χ3n) is 2.78. The third-order valence-corrected chi connectivity index (χ3v) is 3.94. The van der Waals surface area contributed by atoms with Crippen molar-refractivity contribution in [2.75, 3.05) is 13.2 Å². The maximum Gasteiger partial charge on any atom is 0.0813 e. The van der Waals surface area contributed by atoms with Gasteiger partial charge in [-0.2, -0.15) is 0 Å². The van der Waals surface area contributed by atoms with E-state index in [0.717, 1.165) is 13.2 Å². The Labute approximate surface area is 106 Å². The molecular formula is C13H19NO2S. The minimum absolute atomic E-state index is 0.677. The predicted molar refractivity (Wildman–Crippen MR) is 71.5 cm³/mol. The van der Waals surface area contributed by atoms with Crippen LogP contribution in [0.4, 0.5) is 0 Å². The van der Waals surface area contributed by atoms with Crippen molar-refractivity contribution in [2.45, 2.75) is 27.1 Å². The highest BCUT2D eigenvalue weighted by molar-refractivity contribution is 7.19. The van der Waals surface area contributed by atoms with Gasteiger partial charge in [-0.1, -0.05) is 0 Å². The molecule has 0 amide bonds. The number of aryl methyl sites for hydroxylation is 1. The molecule has 0 aliphatic rings. The molecule has 0 aromatic carbocycles. The van der Waals surface area contributed by atoms with Crippen molar-refractivity contribution in [1.29, 1.82) is 0 Å². The van der Waals surface area contributed by atoms with E-state index in [2.05, 4.69) is 23.9 Å². The molecule has 0 fully saturated rings. The average Bonchev–Trinajstić information content (AvgIpc) is 2.85. The van der Waals surface area contributed by atoms with Crippen molar-refractivity contribution in [3.8, 4) is 0 Å². The van der Waals surface area contributed by atoms with E-state index >= 15 is 0 Å². The normalized spacial score (nSPS) is 11.5. The summed E-state index contributed by atoms with van der Waals surface area (Å²) >= 11 is 1.81. The maximum atomic E-state index is 5.57. The van der Waals surface area contributed by atoms with Gasteiger partial charge in [-0.05, 0) is 19.9 Å². The molecule has 0 aliphatic carbocycles. The number of hydrogen-bond donors (Lipinski definition) is 0. The van der Waals surface area contributed by atoms with E-state index in [0.29, 0.717) is 13.2 Å². The highest BCUT2D eigenvalue weighted by atomic mass is 32.1. The lowest BCUT2D eigenvalue weighted by atomic mass is 10.2. The summed E-state index contributed by atoms with van der Waals surface area (Å²) in [6.45, 7) is 6.92. The van der Waals surface area contributed by atoms with Gasteiger partial charge in [0.25, 0.3) is 0 Å². The second-order valence-electron chi connectivity index (χ2n) is 3.92. The summed E-state index contributed by atoms with van der Waals surface area (Å²) in [7, 11) is 2.08. The standard InChI is InChI=1S/C13H19NO2S/c1-4-15-8-10-12(9-16-5-2)17-11-6-7-14(3)13(10)11/h6-7H,4-5,8-9H2,1-3H3. The molecule has 0 atom stereocenters. The molecule has 0 aliphatic heterocycles. The van der Waals surface area contributed by atoms with Crippen molar-refractivity contribution >= 4 is 21.6 Å². The van der Waals surface area contributed by atoms with Crippen LogP contribution in [-0.2, 0) is 29.7 Å². The van der Waals surface area contributed by atoms with E-state index in [1.165, 1.54) is 20.7 Å². The molecule has 2 heterocycles. The van der Waals surface area contributed by atoms with Crippen LogP contribution < -0.4 is 0 Å². The molecule has 0 spiro atoms. The Bertz CT molecular complexity index is 487. The SMILES string of the molecule is CCOCc1sc2ccn(C)c2c1COCC. The van der Waals surface area contributed by atoms with Crippen molar-refractivity contribution in [2.24, 2.45) is 7.05 Å². The third kappa shape index (κ3) is 2.54. The average molecular weight is 253 g/mol. The van der Waals surface area contributed by atoms with E-state index in [-0.39, 0.29) is 0 Å². The molecule has 2 aromatic heterocycles. The number of ether oxygens (including phenoxy) is 2. The Morgan fingerprint density at radius 2 is 1.88 bits per heavy atom. The van der Waals surface area contributed by atoms with Gasteiger partial charge in [0, 0.05) is 36.9 Å².